The Morgan fingerprint density at radius 2 is 1.49 bits per heavy atom. The zero-order chi connectivity index (χ0) is 25.6. The van der Waals surface area contributed by atoms with Gasteiger partial charge in [-0.2, -0.15) is 0 Å². The molecule has 0 aliphatic carbocycles. The number of aliphatic hydroxyl groups is 1. The molecule has 0 unspecified atom stereocenters. The first-order valence-electron chi connectivity index (χ1n) is 12.7. The molecule has 1 aliphatic rings. The Kier molecular flexibility index (Phi) is 8.39. The molecule has 4 aromatic carbocycles. The smallest absolute Gasteiger partial charge is 0.184 e. The van der Waals surface area contributed by atoms with Crippen molar-refractivity contribution < 1.29 is 14.6 Å². The Morgan fingerprint density at radius 1 is 0.757 bits per heavy atom. The normalized spacial score (nSPS) is 21.6. The largest absolute Gasteiger partial charge is 0.392 e. The van der Waals surface area contributed by atoms with E-state index >= 15 is 0 Å². The third-order valence-electron chi connectivity index (χ3n) is 6.96. The summed E-state index contributed by atoms with van der Waals surface area (Å²) in [4.78, 5) is 1.23. The van der Waals surface area contributed by atoms with Crippen LogP contribution in [0.4, 0.5) is 0 Å². The van der Waals surface area contributed by atoms with Crippen molar-refractivity contribution in [3.8, 4) is 11.1 Å². The van der Waals surface area contributed by atoms with Gasteiger partial charge in [-0.05, 0) is 46.0 Å². The lowest BCUT2D eigenvalue weighted by Gasteiger charge is -2.41. The van der Waals surface area contributed by atoms with Gasteiger partial charge in [-0.25, -0.2) is 0 Å². The van der Waals surface area contributed by atoms with E-state index in [1.165, 1.54) is 4.90 Å². The zero-order valence-electron chi connectivity index (χ0n) is 21.0. The summed E-state index contributed by atoms with van der Waals surface area (Å²) in [6.07, 6.45) is -0.578. The highest BCUT2D eigenvalue weighted by Crippen LogP contribution is 2.43. The van der Waals surface area contributed by atoms with E-state index in [0.717, 1.165) is 39.1 Å². The maximum Gasteiger partial charge on any atom is 0.184 e. The van der Waals surface area contributed by atoms with Gasteiger partial charge in [-0.3, -0.25) is 0 Å². The molecule has 0 radical (unpaired) electrons. The monoisotopic (exact) mass is 511 g/mol. The van der Waals surface area contributed by atoms with E-state index < -0.39 is 6.29 Å². The van der Waals surface area contributed by atoms with Crippen LogP contribution in [0.3, 0.4) is 0 Å². The van der Waals surface area contributed by atoms with Crippen LogP contribution in [0.5, 0.6) is 0 Å². The van der Waals surface area contributed by atoms with Crippen LogP contribution >= 0.6 is 11.8 Å². The van der Waals surface area contributed by atoms with E-state index in [-0.39, 0.29) is 24.7 Å². The van der Waals surface area contributed by atoms with E-state index in [1.807, 2.05) is 42.1 Å². The number of ether oxygens (including phenoxy) is 2. The molecule has 4 nitrogen and oxygen atoms in total. The van der Waals surface area contributed by atoms with Gasteiger partial charge in [0.25, 0.3) is 0 Å². The standard InChI is InChI=1S/C32H33NO3S/c1-22-30(21-37-29-8-3-2-4-9-29)35-32(36-31(22)26-12-10-23(20-34)11-13-26)27-16-14-25(15-17-27)28-7-5-6-24(18-28)19-33/h2-18,22,30-32,34H,19-21,33H2,1H3/t22-,30+,31+,32+/m1/s1. The van der Waals surface area contributed by atoms with Gasteiger partial charge >= 0.3 is 0 Å². The Hall–Kier alpha value is -2.93. The van der Waals surface area contributed by atoms with Crippen molar-refractivity contribution in [3.63, 3.8) is 0 Å². The van der Waals surface area contributed by atoms with Crippen molar-refractivity contribution in [2.24, 2.45) is 11.7 Å². The molecule has 0 aromatic heterocycles. The highest BCUT2D eigenvalue weighted by Gasteiger charge is 2.38. The first-order valence-corrected chi connectivity index (χ1v) is 13.7. The molecule has 1 fully saturated rings. The van der Waals surface area contributed by atoms with Crippen molar-refractivity contribution >= 4 is 11.8 Å². The molecule has 190 valence electrons. The van der Waals surface area contributed by atoms with Crippen molar-refractivity contribution in [1.29, 1.82) is 0 Å². The van der Waals surface area contributed by atoms with Gasteiger partial charge in [0, 0.05) is 28.7 Å². The molecule has 37 heavy (non-hydrogen) atoms. The van der Waals surface area contributed by atoms with Gasteiger partial charge < -0.3 is 20.3 Å². The zero-order valence-corrected chi connectivity index (χ0v) is 21.8. The number of rotatable bonds is 8. The molecule has 4 aromatic rings. The maximum absolute atomic E-state index is 9.48. The van der Waals surface area contributed by atoms with Gasteiger partial charge in [0.2, 0.25) is 0 Å². The van der Waals surface area contributed by atoms with Gasteiger partial charge in [-0.15, -0.1) is 11.8 Å². The molecule has 3 N–H and O–H groups in total. The summed E-state index contributed by atoms with van der Waals surface area (Å²) < 4.78 is 13.2. The molecule has 4 atom stereocenters. The third kappa shape index (κ3) is 6.15. The summed E-state index contributed by atoms with van der Waals surface area (Å²) in [5.74, 6) is 0.992. The Balaban J connectivity index is 1.39. The third-order valence-corrected chi connectivity index (χ3v) is 8.06. The first kappa shape index (κ1) is 25.7. The second-order valence-corrected chi connectivity index (χ2v) is 10.6. The maximum atomic E-state index is 9.48. The summed E-state index contributed by atoms with van der Waals surface area (Å²) in [5.41, 5.74) is 12.2. The van der Waals surface area contributed by atoms with Gasteiger partial charge in [0.1, 0.15) is 0 Å². The number of nitrogens with two attached hydrogens (primary N) is 1. The summed E-state index contributed by atoms with van der Waals surface area (Å²) in [7, 11) is 0. The molecule has 0 spiro atoms. The molecular weight excluding hydrogens is 478 g/mol. The molecule has 0 saturated carbocycles. The predicted octanol–water partition coefficient (Wildman–Crippen LogP) is 6.89. The fraction of sp³-hybridized carbons (Fsp3) is 0.250. The van der Waals surface area contributed by atoms with E-state index in [0.29, 0.717) is 6.54 Å². The van der Waals surface area contributed by atoms with Crippen LogP contribution in [0.25, 0.3) is 11.1 Å². The van der Waals surface area contributed by atoms with Gasteiger partial charge in [0.15, 0.2) is 6.29 Å². The first-order chi connectivity index (χ1) is 18.1. The SMILES string of the molecule is C[C@@H]1[C@H](CSc2ccccc2)O[C@H](c2ccc(-c3cccc(CN)c3)cc2)O[C@@H]1c1ccc(CO)cc1. The molecular formula is C32H33NO3S. The average Bonchev–Trinajstić information content (AvgIpc) is 2.97. The number of aliphatic hydroxyl groups excluding tert-OH is 1. The summed E-state index contributed by atoms with van der Waals surface area (Å²) >= 11 is 1.81. The Morgan fingerprint density at radius 3 is 2.19 bits per heavy atom. The summed E-state index contributed by atoms with van der Waals surface area (Å²) in [5, 5.41) is 9.48. The van der Waals surface area contributed by atoms with Crippen LogP contribution in [-0.4, -0.2) is 17.0 Å². The minimum atomic E-state index is -0.468. The van der Waals surface area contributed by atoms with Crippen LogP contribution in [0.1, 0.15) is 41.6 Å². The Labute approximate surface area is 223 Å². The summed E-state index contributed by atoms with van der Waals surface area (Å²) in [6, 6.07) is 35.2. The average molecular weight is 512 g/mol. The van der Waals surface area contributed by atoms with E-state index in [9.17, 15) is 5.11 Å². The quantitative estimate of drug-likeness (QED) is 0.252. The highest BCUT2D eigenvalue weighted by molar-refractivity contribution is 7.99. The second kappa shape index (κ2) is 12.1. The van der Waals surface area contributed by atoms with Crippen LogP contribution in [0.15, 0.2) is 108 Å². The van der Waals surface area contributed by atoms with Crippen molar-refractivity contribution in [2.45, 2.75) is 43.5 Å². The van der Waals surface area contributed by atoms with Gasteiger partial charge in [0.05, 0.1) is 18.8 Å². The van der Waals surface area contributed by atoms with Crippen LogP contribution < -0.4 is 5.73 Å². The highest BCUT2D eigenvalue weighted by atomic mass is 32.2. The molecule has 1 saturated heterocycles. The Bertz CT molecular complexity index is 1280. The molecule has 5 heteroatoms. The lowest BCUT2D eigenvalue weighted by molar-refractivity contribution is -0.268. The number of benzene rings is 4. The second-order valence-electron chi connectivity index (χ2n) is 9.47. The van der Waals surface area contributed by atoms with Crippen LogP contribution in [0, 0.1) is 5.92 Å². The fourth-order valence-corrected chi connectivity index (χ4v) is 5.80. The van der Waals surface area contributed by atoms with E-state index in [2.05, 4.69) is 79.7 Å². The predicted molar refractivity (Wildman–Crippen MR) is 150 cm³/mol. The fourth-order valence-electron chi connectivity index (χ4n) is 4.72. The molecule has 0 bridgehead atoms. The molecule has 1 aliphatic heterocycles. The lowest BCUT2D eigenvalue weighted by Crippen LogP contribution is -2.38. The topological polar surface area (TPSA) is 64.7 Å². The van der Waals surface area contributed by atoms with E-state index in [4.69, 9.17) is 15.2 Å². The number of hydrogen-bond acceptors (Lipinski definition) is 5. The van der Waals surface area contributed by atoms with Crippen LogP contribution in [0.2, 0.25) is 0 Å². The number of thioether (sulfide) groups is 1. The van der Waals surface area contributed by atoms with Gasteiger partial charge in [-0.1, -0.05) is 91.9 Å². The molecule has 1 heterocycles. The summed E-state index contributed by atoms with van der Waals surface area (Å²) in [6.45, 7) is 2.76. The number of hydrogen-bond donors (Lipinski definition) is 2. The minimum Gasteiger partial charge on any atom is -0.392 e. The van der Waals surface area contributed by atoms with Crippen molar-refractivity contribution in [1.82, 2.24) is 0 Å². The van der Waals surface area contributed by atoms with E-state index in [1.54, 1.807) is 0 Å². The van der Waals surface area contributed by atoms with Crippen molar-refractivity contribution in [2.75, 3.05) is 5.75 Å². The van der Waals surface area contributed by atoms with Crippen LogP contribution in [-0.2, 0) is 22.6 Å². The van der Waals surface area contributed by atoms with Crippen molar-refractivity contribution in [3.05, 3.63) is 125 Å². The lowest BCUT2D eigenvalue weighted by atomic mass is 9.91. The molecule has 0 amide bonds. The minimum absolute atomic E-state index is 0.00684. The molecule has 5 rings (SSSR count).